The van der Waals surface area contributed by atoms with Crippen molar-refractivity contribution >= 4 is 51.6 Å². The number of Topliss-reactive ketones (excluding diaryl/α,β-unsaturated/α-hetero) is 1. The second kappa shape index (κ2) is 9.62. The standard InChI is InChI=1S/C35H31Cl2FN4O2/c36-21-9-10-23-25(16-21)40-34(44)35(23)31(22-2-1-3-24(37)32(22)38)30-28(42(35)17-19-6-7-19)12-13-41-27-11-8-20(15-26(27)39-33(30)41)29(43)14-18-4-5-18/h1-3,8-11,15-16,18-19,28,30-31H,4-7,12-14,17H2,(H,40,44)/t28-,30+,31-,35+/m0/s1. The molecule has 1 N–H and O–H groups in total. The number of amides is 1. The average Bonchev–Trinajstić information content (AvgIpc) is 3.92. The summed E-state index contributed by atoms with van der Waals surface area (Å²) in [5.41, 5.74) is 3.17. The van der Waals surface area contributed by atoms with E-state index in [2.05, 4.69) is 14.8 Å². The van der Waals surface area contributed by atoms with Crippen molar-refractivity contribution in [2.75, 3.05) is 11.9 Å². The van der Waals surface area contributed by atoms with E-state index in [-0.39, 0.29) is 28.7 Å². The molecule has 2 aliphatic carbocycles. The molecule has 4 heterocycles. The summed E-state index contributed by atoms with van der Waals surface area (Å²) in [4.78, 5) is 35.2. The number of rotatable bonds is 6. The SMILES string of the molecule is O=C(CC1CC1)c1ccc2c(c1)nc1n2CC[C@H]2[C@@H]1[C@H](c1cccc(Cl)c1F)[C@]1(C(=O)Nc3cc(Cl)ccc31)N2CC1CC1. The van der Waals surface area contributed by atoms with Crippen LogP contribution in [0.25, 0.3) is 11.0 Å². The van der Waals surface area contributed by atoms with Crippen LogP contribution in [-0.4, -0.2) is 38.7 Å². The first kappa shape index (κ1) is 27.1. The lowest BCUT2D eigenvalue weighted by atomic mass is 9.70. The average molecular weight is 630 g/mol. The molecule has 9 heteroatoms. The second-order valence-electron chi connectivity index (χ2n) is 13.4. The van der Waals surface area contributed by atoms with Crippen LogP contribution in [0.1, 0.15) is 77.7 Å². The van der Waals surface area contributed by atoms with Crippen LogP contribution in [0.4, 0.5) is 10.1 Å². The number of nitrogens with one attached hydrogen (secondary N) is 1. The van der Waals surface area contributed by atoms with Gasteiger partial charge in [0.25, 0.3) is 0 Å². The predicted octanol–water partition coefficient (Wildman–Crippen LogP) is 7.68. The summed E-state index contributed by atoms with van der Waals surface area (Å²) in [5.74, 6) is 0.433. The largest absolute Gasteiger partial charge is 0.328 e. The summed E-state index contributed by atoms with van der Waals surface area (Å²) in [6, 6.07) is 16.4. The van der Waals surface area contributed by atoms with E-state index in [4.69, 9.17) is 28.2 Å². The number of ketones is 1. The summed E-state index contributed by atoms with van der Waals surface area (Å²) in [5, 5.41) is 3.71. The van der Waals surface area contributed by atoms with Gasteiger partial charge in [-0.1, -0.05) is 41.4 Å². The van der Waals surface area contributed by atoms with Crippen LogP contribution in [0, 0.1) is 17.7 Å². The van der Waals surface area contributed by atoms with Gasteiger partial charge in [-0.25, -0.2) is 9.37 Å². The van der Waals surface area contributed by atoms with Crippen molar-refractivity contribution < 1.29 is 14.0 Å². The highest BCUT2D eigenvalue weighted by molar-refractivity contribution is 6.31. The lowest BCUT2D eigenvalue weighted by Crippen LogP contribution is -2.53. The fraction of sp³-hybridized carbons (Fsp3) is 0.400. The number of halogens is 3. The zero-order chi connectivity index (χ0) is 29.9. The lowest BCUT2D eigenvalue weighted by molar-refractivity contribution is -0.128. The van der Waals surface area contributed by atoms with Crippen molar-refractivity contribution in [2.24, 2.45) is 11.8 Å². The molecule has 4 atom stereocenters. The molecule has 1 aromatic heterocycles. The third-order valence-electron chi connectivity index (χ3n) is 10.7. The van der Waals surface area contributed by atoms with Crippen molar-refractivity contribution in [3.05, 3.63) is 93.0 Å². The Hall–Kier alpha value is -3.26. The Labute approximate surface area is 264 Å². The maximum absolute atomic E-state index is 16.3. The van der Waals surface area contributed by atoms with Crippen LogP contribution < -0.4 is 5.32 Å². The van der Waals surface area contributed by atoms with Gasteiger partial charge in [0.05, 0.1) is 16.1 Å². The molecule has 224 valence electrons. The Morgan fingerprint density at radius 2 is 1.84 bits per heavy atom. The van der Waals surface area contributed by atoms with Gasteiger partial charge < -0.3 is 9.88 Å². The van der Waals surface area contributed by atoms with E-state index in [0.717, 1.165) is 67.6 Å². The molecular weight excluding hydrogens is 598 g/mol. The molecule has 0 radical (unpaired) electrons. The fourth-order valence-corrected chi connectivity index (χ4v) is 8.82. The number of aryl methyl sites for hydroxylation is 1. The molecule has 0 bridgehead atoms. The third kappa shape index (κ3) is 3.85. The molecule has 1 spiro atoms. The maximum atomic E-state index is 16.3. The zero-order valence-corrected chi connectivity index (χ0v) is 25.5. The highest BCUT2D eigenvalue weighted by atomic mass is 35.5. The van der Waals surface area contributed by atoms with Gasteiger partial charge in [-0.15, -0.1) is 0 Å². The number of carbonyl (C=O) groups is 2. The van der Waals surface area contributed by atoms with Crippen LogP contribution in [0.5, 0.6) is 0 Å². The molecule has 1 saturated heterocycles. The molecule has 9 rings (SSSR count). The van der Waals surface area contributed by atoms with E-state index in [1.807, 2.05) is 30.3 Å². The van der Waals surface area contributed by atoms with Crippen LogP contribution in [0.3, 0.4) is 0 Å². The maximum Gasteiger partial charge on any atom is 0.250 e. The topological polar surface area (TPSA) is 67.2 Å². The van der Waals surface area contributed by atoms with Crippen molar-refractivity contribution in [1.82, 2.24) is 14.5 Å². The molecule has 4 aromatic rings. The number of imidazole rings is 1. The van der Waals surface area contributed by atoms with Crippen molar-refractivity contribution in [2.45, 2.75) is 68.5 Å². The molecule has 5 aliphatic rings. The molecule has 2 saturated carbocycles. The van der Waals surface area contributed by atoms with Gasteiger partial charge in [0, 0.05) is 59.2 Å². The summed E-state index contributed by atoms with van der Waals surface area (Å²) in [7, 11) is 0. The van der Waals surface area contributed by atoms with Crippen LogP contribution >= 0.6 is 23.2 Å². The van der Waals surface area contributed by atoms with Gasteiger partial charge in [0.15, 0.2) is 5.78 Å². The van der Waals surface area contributed by atoms with Gasteiger partial charge in [0.1, 0.15) is 17.2 Å². The summed E-state index contributed by atoms with van der Waals surface area (Å²) >= 11 is 12.9. The quantitative estimate of drug-likeness (QED) is 0.222. The number of likely N-dealkylation sites (tertiary alicyclic amines) is 1. The van der Waals surface area contributed by atoms with E-state index < -0.39 is 17.3 Å². The first-order valence-electron chi connectivity index (χ1n) is 15.7. The number of benzene rings is 3. The summed E-state index contributed by atoms with van der Waals surface area (Å²) in [6.45, 7) is 1.47. The van der Waals surface area contributed by atoms with Crippen LogP contribution in [0.2, 0.25) is 10.0 Å². The number of nitrogens with zero attached hydrogens (tertiary/aromatic N) is 3. The van der Waals surface area contributed by atoms with E-state index in [9.17, 15) is 9.59 Å². The van der Waals surface area contributed by atoms with Crippen molar-refractivity contribution in [3.63, 3.8) is 0 Å². The third-order valence-corrected chi connectivity index (χ3v) is 11.3. The summed E-state index contributed by atoms with van der Waals surface area (Å²) in [6.07, 6.45) is 5.85. The molecule has 6 nitrogen and oxygen atoms in total. The molecule has 3 fully saturated rings. The molecule has 44 heavy (non-hydrogen) atoms. The van der Waals surface area contributed by atoms with E-state index in [0.29, 0.717) is 40.1 Å². The normalized spacial score (nSPS) is 27.4. The zero-order valence-electron chi connectivity index (χ0n) is 24.0. The number of aromatic nitrogens is 2. The second-order valence-corrected chi connectivity index (χ2v) is 14.2. The van der Waals surface area contributed by atoms with E-state index in [1.54, 1.807) is 24.3 Å². The highest BCUT2D eigenvalue weighted by Crippen LogP contribution is 2.64. The van der Waals surface area contributed by atoms with E-state index >= 15 is 4.39 Å². The number of fused-ring (bicyclic) bond motifs is 7. The van der Waals surface area contributed by atoms with Gasteiger partial charge in [0.2, 0.25) is 5.91 Å². The van der Waals surface area contributed by atoms with Crippen LogP contribution in [0.15, 0.2) is 54.6 Å². The highest BCUT2D eigenvalue weighted by Gasteiger charge is 2.69. The first-order valence-corrected chi connectivity index (χ1v) is 16.5. The Bertz CT molecular complexity index is 1900. The number of hydrogen-bond acceptors (Lipinski definition) is 4. The first-order chi connectivity index (χ1) is 21.3. The Morgan fingerprint density at radius 3 is 2.64 bits per heavy atom. The van der Waals surface area contributed by atoms with E-state index in [1.165, 1.54) is 0 Å². The van der Waals surface area contributed by atoms with Gasteiger partial charge in [-0.2, -0.15) is 0 Å². The Kier molecular flexibility index (Phi) is 5.92. The predicted molar refractivity (Wildman–Crippen MR) is 168 cm³/mol. The monoisotopic (exact) mass is 628 g/mol. The van der Waals surface area contributed by atoms with Gasteiger partial charge >= 0.3 is 0 Å². The van der Waals surface area contributed by atoms with Crippen LogP contribution in [-0.2, 0) is 16.9 Å². The number of carbonyl (C=O) groups excluding carboxylic acids is 2. The molecule has 0 unspecified atom stereocenters. The Morgan fingerprint density at radius 1 is 1.02 bits per heavy atom. The van der Waals surface area contributed by atoms with Gasteiger partial charge in [-0.3, -0.25) is 14.5 Å². The Balaban J connectivity index is 1.28. The molecule has 1 amide bonds. The number of anilines is 1. The van der Waals surface area contributed by atoms with Crippen molar-refractivity contribution in [3.8, 4) is 0 Å². The lowest BCUT2D eigenvalue weighted by Gasteiger charge is -2.40. The minimum atomic E-state index is -1.16. The molecular formula is C35H31Cl2FN4O2. The minimum absolute atomic E-state index is 0.0349. The van der Waals surface area contributed by atoms with Crippen molar-refractivity contribution in [1.29, 1.82) is 0 Å². The molecule has 3 aliphatic heterocycles. The number of hydrogen-bond donors (Lipinski definition) is 1. The fourth-order valence-electron chi connectivity index (χ4n) is 8.47. The van der Waals surface area contributed by atoms with Gasteiger partial charge in [-0.05, 0) is 85.9 Å². The minimum Gasteiger partial charge on any atom is -0.328 e. The summed E-state index contributed by atoms with van der Waals surface area (Å²) < 4.78 is 18.5. The molecule has 3 aromatic carbocycles. The smallest absolute Gasteiger partial charge is 0.250 e.